The number of nitrogens with two attached hydrogens (primary N) is 2. The molecule has 0 bridgehead atoms. The average molecular weight is 288 g/mol. The van der Waals surface area contributed by atoms with Crippen LogP contribution in [0, 0.1) is 0 Å². The van der Waals surface area contributed by atoms with Gasteiger partial charge in [0.2, 0.25) is 5.91 Å². The van der Waals surface area contributed by atoms with Gasteiger partial charge >= 0.3 is 0 Å². The van der Waals surface area contributed by atoms with Crippen LogP contribution in [0.3, 0.4) is 0 Å². The Bertz CT molecular complexity index is 724. The Kier molecular flexibility index (Phi) is 3.06. The van der Waals surface area contributed by atoms with E-state index in [1.165, 1.54) is 4.90 Å². The highest BCUT2D eigenvalue weighted by molar-refractivity contribution is 6.08. The number of likely N-dealkylation sites (tertiary alicyclic amines) is 1. The Morgan fingerprint density at radius 3 is 2.86 bits per heavy atom. The first-order chi connectivity index (χ1) is 9.97. The fraction of sp³-hybridized carbons (Fsp3) is 0.286. The molecular formula is C14H16N4O3. The van der Waals surface area contributed by atoms with Crippen molar-refractivity contribution in [2.45, 2.75) is 18.6 Å². The predicted molar refractivity (Wildman–Crippen MR) is 77.4 cm³/mol. The average Bonchev–Trinajstić information content (AvgIpc) is 3.01. The standard InChI is InChI=1S/C14H16N4O3/c15-7-1-2-11-9(3-7)10(5-17-11)14(21)18-6-8(19)4-12(18)13(16)20/h1-3,5,8,12,17,19H,4,6,15H2,(H2,16,20). The molecule has 3 rings (SSSR count). The van der Waals surface area contributed by atoms with Crippen molar-refractivity contribution in [3.05, 3.63) is 30.0 Å². The summed E-state index contributed by atoms with van der Waals surface area (Å²) in [5.41, 5.74) is 12.8. The van der Waals surface area contributed by atoms with Gasteiger partial charge in [-0.1, -0.05) is 0 Å². The first kappa shape index (κ1) is 13.4. The van der Waals surface area contributed by atoms with E-state index in [2.05, 4.69) is 4.98 Å². The zero-order valence-electron chi connectivity index (χ0n) is 11.2. The van der Waals surface area contributed by atoms with E-state index in [-0.39, 0.29) is 18.9 Å². The highest BCUT2D eigenvalue weighted by atomic mass is 16.3. The summed E-state index contributed by atoms with van der Waals surface area (Å²) in [4.78, 5) is 28.4. The minimum absolute atomic E-state index is 0.0986. The van der Waals surface area contributed by atoms with Gasteiger partial charge in [0.05, 0.1) is 11.7 Å². The van der Waals surface area contributed by atoms with Crippen LogP contribution in [-0.2, 0) is 4.79 Å². The van der Waals surface area contributed by atoms with Gasteiger partial charge in [-0.2, -0.15) is 0 Å². The first-order valence-corrected chi connectivity index (χ1v) is 6.62. The number of carbonyl (C=O) groups is 2. The Hall–Kier alpha value is -2.54. The zero-order valence-corrected chi connectivity index (χ0v) is 11.2. The largest absolute Gasteiger partial charge is 0.399 e. The van der Waals surface area contributed by atoms with Crippen molar-refractivity contribution in [2.24, 2.45) is 5.73 Å². The topological polar surface area (TPSA) is 125 Å². The molecule has 0 radical (unpaired) electrons. The van der Waals surface area contributed by atoms with Crippen LogP contribution < -0.4 is 11.5 Å². The molecule has 2 atom stereocenters. The van der Waals surface area contributed by atoms with Gasteiger partial charge in [-0.05, 0) is 18.2 Å². The number of aliphatic hydroxyl groups is 1. The Balaban J connectivity index is 2.00. The van der Waals surface area contributed by atoms with Crippen molar-refractivity contribution in [1.29, 1.82) is 0 Å². The molecule has 1 fully saturated rings. The van der Waals surface area contributed by atoms with Crippen molar-refractivity contribution in [2.75, 3.05) is 12.3 Å². The van der Waals surface area contributed by atoms with Gasteiger partial charge in [0.15, 0.2) is 0 Å². The van der Waals surface area contributed by atoms with E-state index in [1.807, 2.05) is 0 Å². The monoisotopic (exact) mass is 288 g/mol. The third kappa shape index (κ3) is 2.21. The van der Waals surface area contributed by atoms with Crippen LogP contribution in [0.1, 0.15) is 16.8 Å². The van der Waals surface area contributed by atoms with E-state index in [4.69, 9.17) is 11.5 Å². The summed E-state index contributed by atoms with van der Waals surface area (Å²) >= 11 is 0. The summed E-state index contributed by atoms with van der Waals surface area (Å²) in [6.07, 6.45) is 1.02. The van der Waals surface area contributed by atoms with Crippen LogP contribution in [0.25, 0.3) is 10.9 Å². The number of aromatic amines is 1. The van der Waals surface area contributed by atoms with Crippen LogP contribution in [-0.4, -0.2) is 45.5 Å². The number of aliphatic hydroxyl groups excluding tert-OH is 1. The lowest BCUT2D eigenvalue weighted by atomic mass is 10.1. The number of primary amides is 1. The molecule has 7 nitrogen and oxygen atoms in total. The summed E-state index contributed by atoms with van der Waals surface area (Å²) in [7, 11) is 0. The number of β-amino-alcohol motifs (C(OH)–C–C–N with tert-alkyl or cyclic N) is 1. The number of benzene rings is 1. The molecule has 1 aromatic heterocycles. The number of aromatic nitrogens is 1. The molecule has 1 aliphatic rings. The highest BCUT2D eigenvalue weighted by Gasteiger charge is 2.38. The van der Waals surface area contributed by atoms with Gasteiger partial charge in [-0.3, -0.25) is 9.59 Å². The number of hydrogen-bond donors (Lipinski definition) is 4. The first-order valence-electron chi connectivity index (χ1n) is 6.62. The van der Waals surface area contributed by atoms with Gasteiger partial charge < -0.3 is 26.5 Å². The summed E-state index contributed by atoms with van der Waals surface area (Å²) in [5, 5.41) is 10.4. The summed E-state index contributed by atoms with van der Waals surface area (Å²) in [6.45, 7) is 0.0986. The van der Waals surface area contributed by atoms with Crippen molar-refractivity contribution in [3.63, 3.8) is 0 Å². The number of rotatable bonds is 2. The van der Waals surface area contributed by atoms with Crippen LogP contribution in [0.4, 0.5) is 5.69 Å². The van der Waals surface area contributed by atoms with Crippen molar-refractivity contribution in [1.82, 2.24) is 9.88 Å². The van der Waals surface area contributed by atoms with E-state index >= 15 is 0 Å². The van der Waals surface area contributed by atoms with E-state index in [0.29, 0.717) is 16.6 Å². The molecule has 2 heterocycles. The molecule has 2 amide bonds. The molecule has 0 spiro atoms. The molecular weight excluding hydrogens is 272 g/mol. The number of hydrogen-bond acceptors (Lipinski definition) is 4. The highest BCUT2D eigenvalue weighted by Crippen LogP contribution is 2.26. The normalized spacial score (nSPS) is 21.9. The smallest absolute Gasteiger partial charge is 0.256 e. The molecule has 0 aliphatic carbocycles. The van der Waals surface area contributed by atoms with E-state index in [0.717, 1.165) is 5.52 Å². The molecule has 7 heteroatoms. The molecule has 1 aromatic carbocycles. The number of nitrogens with one attached hydrogen (secondary N) is 1. The molecule has 110 valence electrons. The number of amides is 2. The Labute approximate surface area is 120 Å². The maximum absolute atomic E-state index is 12.6. The zero-order chi connectivity index (χ0) is 15.1. The second-order valence-electron chi connectivity index (χ2n) is 5.27. The van der Waals surface area contributed by atoms with Gasteiger partial charge in [-0.15, -0.1) is 0 Å². The molecule has 6 N–H and O–H groups in total. The second kappa shape index (κ2) is 4.78. The quantitative estimate of drug-likeness (QED) is 0.571. The van der Waals surface area contributed by atoms with Gasteiger partial charge in [0, 0.05) is 35.8 Å². The van der Waals surface area contributed by atoms with Gasteiger partial charge in [0.25, 0.3) is 5.91 Å². The van der Waals surface area contributed by atoms with E-state index in [1.54, 1.807) is 24.4 Å². The maximum Gasteiger partial charge on any atom is 0.256 e. The predicted octanol–water partition coefficient (Wildman–Crippen LogP) is -0.189. The van der Waals surface area contributed by atoms with Gasteiger partial charge in [0.1, 0.15) is 6.04 Å². The third-order valence-electron chi connectivity index (χ3n) is 3.80. The molecule has 2 unspecified atom stereocenters. The van der Waals surface area contributed by atoms with Crippen molar-refractivity contribution >= 4 is 28.4 Å². The van der Waals surface area contributed by atoms with Crippen LogP contribution >= 0.6 is 0 Å². The minimum atomic E-state index is -0.779. The summed E-state index contributed by atoms with van der Waals surface area (Å²) in [6, 6.07) is 4.44. The minimum Gasteiger partial charge on any atom is -0.399 e. The number of nitrogen functional groups attached to an aromatic ring is 1. The molecule has 21 heavy (non-hydrogen) atoms. The second-order valence-corrected chi connectivity index (χ2v) is 5.27. The molecule has 1 aliphatic heterocycles. The number of fused-ring (bicyclic) bond motifs is 1. The summed E-state index contributed by atoms with van der Waals surface area (Å²) in [5.74, 6) is -0.952. The lowest BCUT2D eigenvalue weighted by Gasteiger charge is -2.21. The maximum atomic E-state index is 12.6. The molecule has 1 saturated heterocycles. The number of H-pyrrole nitrogens is 1. The lowest BCUT2D eigenvalue weighted by molar-refractivity contribution is -0.121. The van der Waals surface area contributed by atoms with E-state index < -0.39 is 18.1 Å². The van der Waals surface area contributed by atoms with Crippen LogP contribution in [0.2, 0.25) is 0 Å². The summed E-state index contributed by atoms with van der Waals surface area (Å²) < 4.78 is 0. The SMILES string of the molecule is NC(=O)C1CC(O)CN1C(=O)c1c[nH]c2ccc(N)cc12. The van der Waals surface area contributed by atoms with Crippen LogP contribution in [0.5, 0.6) is 0 Å². The van der Waals surface area contributed by atoms with Crippen molar-refractivity contribution < 1.29 is 14.7 Å². The number of anilines is 1. The van der Waals surface area contributed by atoms with Gasteiger partial charge in [-0.25, -0.2) is 0 Å². The fourth-order valence-corrected chi connectivity index (χ4v) is 2.78. The lowest BCUT2D eigenvalue weighted by Crippen LogP contribution is -2.43. The fourth-order valence-electron chi connectivity index (χ4n) is 2.78. The molecule has 0 saturated carbocycles. The number of nitrogens with zero attached hydrogens (tertiary/aromatic N) is 1. The number of carbonyl (C=O) groups excluding carboxylic acids is 2. The van der Waals surface area contributed by atoms with E-state index in [9.17, 15) is 14.7 Å². The Morgan fingerprint density at radius 2 is 2.14 bits per heavy atom. The van der Waals surface area contributed by atoms with Crippen LogP contribution in [0.15, 0.2) is 24.4 Å². The Morgan fingerprint density at radius 1 is 1.38 bits per heavy atom. The molecule has 2 aromatic rings. The van der Waals surface area contributed by atoms with Crippen molar-refractivity contribution in [3.8, 4) is 0 Å². The third-order valence-corrected chi connectivity index (χ3v) is 3.80.